The van der Waals surface area contributed by atoms with Gasteiger partial charge in [-0.2, -0.15) is 4.57 Å². The Hall–Kier alpha value is -1.74. The van der Waals surface area contributed by atoms with E-state index >= 15 is 0 Å². The summed E-state index contributed by atoms with van der Waals surface area (Å²) < 4.78 is 1.90. The van der Waals surface area contributed by atoms with Crippen molar-refractivity contribution in [1.29, 1.82) is 0 Å². The van der Waals surface area contributed by atoms with Crippen LogP contribution >= 0.6 is 0 Å². The zero-order valence-corrected chi connectivity index (χ0v) is 10.4. The molecule has 2 aromatic rings. The molecule has 0 aliphatic rings. The van der Waals surface area contributed by atoms with E-state index in [1.807, 2.05) is 30.5 Å². The summed E-state index contributed by atoms with van der Waals surface area (Å²) in [5, 5.41) is 19.3. The third-order valence-corrected chi connectivity index (χ3v) is 2.54. The van der Waals surface area contributed by atoms with E-state index in [1.54, 1.807) is 24.3 Å². The number of aryl methyl sites for hydroxylation is 2. The second-order valence-corrected chi connectivity index (χ2v) is 3.82. The number of nitrogens with zero attached hydrogens (tertiary/aromatic N) is 1. The van der Waals surface area contributed by atoms with Crippen molar-refractivity contribution in [2.45, 2.75) is 13.8 Å². The van der Waals surface area contributed by atoms with Crippen molar-refractivity contribution in [3.63, 3.8) is 0 Å². The molecule has 2 N–H and O–H groups in total. The average Bonchev–Trinajstić information content (AvgIpc) is 2.19. The Balaban J connectivity index is 0.00000144. The van der Waals surface area contributed by atoms with Crippen molar-refractivity contribution < 1.29 is 27.2 Å². The maximum Gasteiger partial charge on any atom is 0.253 e. The van der Waals surface area contributed by atoms with Crippen molar-refractivity contribution in [3.05, 3.63) is 47.8 Å². The molecule has 90 valence electrons. The first kappa shape index (κ1) is 13.3. The fourth-order valence-corrected chi connectivity index (χ4v) is 1.91. The van der Waals surface area contributed by atoms with Crippen LogP contribution < -0.4 is 17.0 Å². The molecule has 0 unspecified atom stereocenters. The average molecular weight is 252 g/mol. The molecule has 0 amide bonds. The first-order valence-corrected chi connectivity index (χ1v) is 5.10. The zero-order valence-electron chi connectivity index (χ0n) is 9.68. The summed E-state index contributed by atoms with van der Waals surface area (Å²) in [4.78, 5) is 0. The van der Waals surface area contributed by atoms with E-state index in [9.17, 15) is 10.2 Å². The lowest BCUT2D eigenvalue weighted by molar-refractivity contribution is -0.610. The SMILES string of the molecule is Cc1cc(O)cc(C)[n+]1-c1ccccc1O.[Cl-]. The molecule has 4 heteroatoms. The Bertz CT molecular complexity index is 518. The Morgan fingerprint density at radius 2 is 1.47 bits per heavy atom. The van der Waals surface area contributed by atoms with E-state index in [4.69, 9.17) is 0 Å². The fraction of sp³-hybridized carbons (Fsp3) is 0.154. The molecular weight excluding hydrogens is 238 g/mol. The largest absolute Gasteiger partial charge is 1.00 e. The van der Waals surface area contributed by atoms with E-state index < -0.39 is 0 Å². The van der Waals surface area contributed by atoms with Gasteiger partial charge in [0.1, 0.15) is 5.75 Å². The zero-order chi connectivity index (χ0) is 11.7. The van der Waals surface area contributed by atoms with Crippen molar-refractivity contribution >= 4 is 0 Å². The van der Waals surface area contributed by atoms with Crippen molar-refractivity contribution in [2.75, 3.05) is 0 Å². The van der Waals surface area contributed by atoms with Gasteiger partial charge in [-0.3, -0.25) is 0 Å². The monoisotopic (exact) mass is 251 g/mol. The Kier molecular flexibility index (Phi) is 3.97. The van der Waals surface area contributed by atoms with Crippen molar-refractivity contribution in [1.82, 2.24) is 0 Å². The molecule has 0 fully saturated rings. The van der Waals surface area contributed by atoms with Gasteiger partial charge in [0.05, 0.1) is 0 Å². The third-order valence-electron chi connectivity index (χ3n) is 2.54. The number of halogens is 1. The predicted molar refractivity (Wildman–Crippen MR) is 60.8 cm³/mol. The minimum atomic E-state index is 0. The molecule has 17 heavy (non-hydrogen) atoms. The molecule has 0 bridgehead atoms. The van der Waals surface area contributed by atoms with Crippen LogP contribution in [0.3, 0.4) is 0 Å². The van der Waals surface area contributed by atoms with Crippen LogP contribution in [0, 0.1) is 13.8 Å². The molecule has 1 aromatic heterocycles. The standard InChI is InChI=1S/C13H13NO2.ClH/c1-9-7-11(15)8-10(2)14(9)12-5-3-4-6-13(12)16;/h3-8,16H,1-2H3;1H. The molecule has 0 spiro atoms. The number of para-hydroxylation sites is 2. The van der Waals surface area contributed by atoms with Gasteiger partial charge in [-0.15, -0.1) is 0 Å². The molecule has 0 aliphatic heterocycles. The Labute approximate surface area is 106 Å². The highest BCUT2D eigenvalue weighted by molar-refractivity contribution is 5.39. The highest BCUT2D eigenvalue weighted by Crippen LogP contribution is 2.19. The van der Waals surface area contributed by atoms with E-state index in [0.717, 1.165) is 17.1 Å². The highest BCUT2D eigenvalue weighted by Gasteiger charge is 2.18. The Morgan fingerprint density at radius 3 is 2.00 bits per heavy atom. The quantitative estimate of drug-likeness (QED) is 0.639. The summed E-state index contributed by atoms with van der Waals surface area (Å²) in [5.74, 6) is 0.464. The van der Waals surface area contributed by atoms with Crippen LogP contribution in [-0.4, -0.2) is 10.2 Å². The summed E-state index contributed by atoms with van der Waals surface area (Å²) in [6.45, 7) is 3.78. The molecule has 0 radical (unpaired) electrons. The number of rotatable bonds is 1. The van der Waals surface area contributed by atoms with E-state index in [0.29, 0.717) is 0 Å². The minimum absolute atomic E-state index is 0. The van der Waals surface area contributed by atoms with Crippen molar-refractivity contribution in [3.8, 4) is 17.2 Å². The summed E-state index contributed by atoms with van der Waals surface area (Å²) in [7, 11) is 0. The van der Waals surface area contributed by atoms with E-state index in [-0.39, 0.29) is 23.9 Å². The molecule has 0 saturated heterocycles. The van der Waals surface area contributed by atoms with Gasteiger partial charge >= 0.3 is 0 Å². The normalized spacial score (nSPS) is 9.76. The fourth-order valence-electron chi connectivity index (χ4n) is 1.91. The van der Waals surface area contributed by atoms with Gasteiger partial charge in [-0.25, -0.2) is 0 Å². The number of pyridine rings is 1. The summed E-state index contributed by atoms with van der Waals surface area (Å²) in [6, 6.07) is 10.5. The molecular formula is C13H14ClNO2. The second kappa shape index (κ2) is 5.06. The Morgan fingerprint density at radius 1 is 0.941 bits per heavy atom. The minimum Gasteiger partial charge on any atom is -1.00 e. The lowest BCUT2D eigenvalue weighted by atomic mass is 10.2. The van der Waals surface area contributed by atoms with Crippen LogP contribution in [0.25, 0.3) is 5.69 Å². The topological polar surface area (TPSA) is 44.3 Å². The van der Waals surface area contributed by atoms with Gasteiger partial charge in [0.15, 0.2) is 17.1 Å². The van der Waals surface area contributed by atoms with Crippen LogP contribution in [0.15, 0.2) is 36.4 Å². The molecule has 1 aromatic carbocycles. The number of phenolic OH excluding ortho intramolecular Hbond substituents is 1. The van der Waals surface area contributed by atoms with Crippen LogP contribution in [0.2, 0.25) is 0 Å². The number of benzene rings is 1. The lowest BCUT2D eigenvalue weighted by Crippen LogP contribution is -3.00. The maximum atomic E-state index is 9.80. The third kappa shape index (κ3) is 2.50. The van der Waals surface area contributed by atoms with Crippen LogP contribution in [0.5, 0.6) is 11.5 Å². The number of phenols is 1. The molecule has 1 heterocycles. The number of hydrogen-bond acceptors (Lipinski definition) is 2. The highest BCUT2D eigenvalue weighted by atomic mass is 35.5. The van der Waals surface area contributed by atoms with Crippen LogP contribution in [0.1, 0.15) is 11.4 Å². The lowest BCUT2D eigenvalue weighted by Gasteiger charge is -2.05. The van der Waals surface area contributed by atoms with Crippen LogP contribution in [0.4, 0.5) is 0 Å². The van der Waals surface area contributed by atoms with Gasteiger partial charge in [0.2, 0.25) is 0 Å². The number of aromatic nitrogens is 1. The van der Waals surface area contributed by atoms with Gasteiger partial charge in [-0.05, 0) is 6.07 Å². The van der Waals surface area contributed by atoms with Crippen LogP contribution in [-0.2, 0) is 0 Å². The molecule has 0 atom stereocenters. The number of hydrogen-bond donors (Lipinski definition) is 2. The van der Waals surface area contributed by atoms with E-state index in [1.165, 1.54) is 0 Å². The van der Waals surface area contributed by atoms with E-state index in [2.05, 4.69) is 0 Å². The molecule has 2 rings (SSSR count). The second-order valence-electron chi connectivity index (χ2n) is 3.82. The first-order chi connectivity index (χ1) is 7.59. The summed E-state index contributed by atoms with van der Waals surface area (Å²) in [6.07, 6.45) is 0. The predicted octanol–water partition coefficient (Wildman–Crippen LogP) is -1.00. The molecule has 3 nitrogen and oxygen atoms in total. The van der Waals surface area contributed by atoms with Gasteiger partial charge in [-0.1, -0.05) is 12.1 Å². The van der Waals surface area contributed by atoms with Gasteiger partial charge in [0, 0.05) is 32.0 Å². The number of aromatic hydroxyl groups is 2. The maximum absolute atomic E-state index is 9.80. The smallest absolute Gasteiger partial charge is 0.253 e. The summed E-state index contributed by atoms with van der Waals surface area (Å²) in [5.41, 5.74) is 2.47. The first-order valence-electron chi connectivity index (χ1n) is 5.10. The van der Waals surface area contributed by atoms with Crippen molar-refractivity contribution in [2.24, 2.45) is 0 Å². The molecule has 0 aliphatic carbocycles. The molecule has 0 saturated carbocycles. The van der Waals surface area contributed by atoms with Gasteiger partial charge in [0.25, 0.3) is 5.69 Å². The summed E-state index contributed by atoms with van der Waals surface area (Å²) >= 11 is 0. The van der Waals surface area contributed by atoms with Gasteiger partial charge < -0.3 is 22.6 Å².